The summed E-state index contributed by atoms with van der Waals surface area (Å²) in [6.07, 6.45) is 5.11. The van der Waals surface area contributed by atoms with Gasteiger partial charge in [0.25, 0.3) is 0 Å². The van der Waals surface area contributed by atoms with E-state index in [1.165, 1.54) is 58.4 Å². The summed E-state index contributed by atoms with van der Waals surface area (Å²) in [4.78, 5) is 9.35. The molecule has 0 aromatic heterocycles. The molecule has 1 aliphatic rings. The standard InChI is InChI=1S/C18H39N5/c1-6-7-8-9-17(3)21-18(19-4)20-14-16(2)15-23-12-10-22(5)11-13-23/h16-17H,6-15H2,1-5H3,(H2,19,20,21). The minimum Gasteiger partial charge on any atom is -0.356 e. The van der Waals surface area contributed by atoms with Gasteiger partial charge in [0.2, 0.25) is 0 Å². The molecule has 1 heterocycles. The molecule has 0 radical (unpaired) electrons. The topological polar surface area (TPSA) is 42.9 Å². The highest BCUT2D eigenvalue weighted by atomic mass is 15.2. The molecule has 5 heteroatoms. The van der Waals surface area contributed by atoms with Crippen LogP contribution in [0.4, 0.5) is 0 Å². The van der Waals surface area contributed by atoms with Crippen LogP contribution < -0.4 is 10.6 Å². The van der Waals surface area contributed by atoms with Crippen molar-refractivity contribution in [1.82, 2.24) is 20.4 Å². The molecule has 0 aromatic rings. The molecule has 2 unspecified atom stereocenters. The molecule has 0 saturated carbocycles. The third-order valence-electron chi connectivity index (χ3n) is 4.63. The average Bonchev–Trinajstić information content (AvgIpc) is 2.54. The Hall–Kier alpha value is -0.810. The third-order valence-corrected chi connectivity index (χ3v) is 4.63. The first-order valence-corrected chi connectivity index (χ1v) is 9.43. The molecule has 136 valence electrons. The first-order chi connectivity index (χ1) is 11.0. The molecule has 1 aliphatic heterocycles. The number of guanidine groups is 1. The molecular weight excluding hydrogens is 286 g/mol. The van der Waals surface area contributed by atoms with Crippen molar-refractivity contribution in [3.63, 3.8) is 0 Å². The van der Waals surface area contributed by atoms with Gasteiger partial charge in [-0.2, -0.15) is 0 Å². The molecule has 2 atom stereocenters. The number of hydrogen-bond acceptors (Lipinski definition) is 3. The molecule has 5 nitrogen and oxygen atoms in total. The summed E-state index contributed by atoms with van der Waals surface area (Å²) in [5.74, 6) is 1.58. The Morgan fingerprint density at radius 2 is 1.83 bits per heavy atom. The van der Waals surface area contributed by atoms with Crippen molar-refractivity contribution >= 4 is 5.96 Å². The maximum Gasteiger partial charge on any atom is 0.191 e. The fourth-order valence-corrected chi connectivity index (χ4v) is 3.01. The zero-order valence-electron chi connectivity index (χ0n) is 16.1. The van der Waals surface area contributed by atoms with Crippen molar-refractivity contribution in [1.29, 1.82) is 0 Å². The molecule has 2 N–H and O–H groups in total. The van der Waals surface area contributed by atoms with Gasteiger partial charge in [-0.15, -0.1) is 0 Å². The maximum absolute atomic E-state index is 4.36. The zero-order chi connectivity index (χ0) is 17.1. The van der Waals surface area contributed by atoms with Crippen LogP contribution >= 0.6 is 0 Å². The van der Waals surface area contributed by atoms with Crippen molar-refractivity contribution < 1.29 is 0 Å². The fourth-order valence-electron chi connectivity index (χ4n) is 3.01. The van der Waals surface area contributed by atoms with E-state index < -0.39 is 0 Å². The van der Waals surface area contributed by atoms with Crippen LogP contribution in [0, 0.1) is 5.92 Å². The molecule has 1 fully saturated rings. The summed E-state index contributed by atoms with van der Waals surface area (Å²) < 4.78 is 0. The number of aliphatic imine (C=N–C) groups is 1. The van der Waals surface area contributed by atoms with Gasteiger partial charge in [0, 0.05) is 52.4 Å². The van der Waals surface area contributed by atoms with E-state index in [4.69, 9.17) is 0 Å². The van der Waals surface area contributed by atoms with Crippen LogP contribution in [0.1, 0.15) is 46.5 Å². The van der Waals surface area contributed by atoms with Crippen molar-refractivity contribution in [2.75, 3.05) is 53.4 Å². The van der Waals surface area contributed by atoms with E-state index in [0.717, 1.165) is 12.5 Å². The SMILES string of the molecule is CCCCCC(C)NC(=NC)NCC(C)CN1CCN(C)CC1. The lowest BCUT2D eigenvalue weighted by Gasteiger charge is -2.34. The second-order valence-electron chi connectivity index (χ2n) is 7.20. The first kappa shape index (κ1) is 20.2. The number of nitrogens with zero attached hydrogens (tertiary/aromatic N) is 3. The van der Waals surface area contributed by atoms with Gasteiger partial charge in [-0.1, -0.05) is 33.1 Å². The number of unbranched alkanes of at least 4 members (excludes halogenated alkanes) is 2. The molecule has 0 aliphatic carbocycles. The number of nitrogens with one attached hydrogen (secondary N) is 2. The molecule has 1 saturated heterocycles. The molecule has 0 spiro atoms. The molecular formula is C18H39N5. The van der Waals surface area contributed by atoms with Crippen LogP contribution in [0.3, 0.4) is 0 Å². The van der Waals surface area contributed by atoms with Gasteiger partial charge in [0.15, 0.2) is 5.96 Å². The van der Waals surface area contributed by atoms with Crippen LogP contribution in [0.2, 0.25) is 0 Å². The predicted octanol–water partition coefficient (Wildman–Crippen LogP) is 2.00. The summed E-state index contributed by atoms with van der Waals surface area (Å²) in [5, 5.41) is 7.00. The van der Waals surface area contributed by atoms with E-state index in [-0.39, 0.29) is 0 Å². The summed E-state index contributed by atoms with van der Waals surface area (Å²) >= 11 is 0. The Kier molecular flexibility index (Phi) is 10.3. The van der Waals surface area contributed by atoms with Crippen LogP contribution in [-0.2, 0) is 0 Å². The lowest BCUT2D eigenvalue weighted by atomic mass is 10.1. The van der Waals surface area contributed by atoms with E-state index in [9.17, 15) is 0 Å². The van der Waals surface area contributed by atoms with Crippen LogP contribution in [0.25, 0.3) is 0 Å². The number of rotatable bonds is 9. The van der Waals surface area contributed by atoms with Crippen molar-refractivity contribution in [2.45, 2.75) is 52.5 Å². The van der Waals surface area contributed by atoms with Gasteiger partial charge in [0.1, 0.15) is 0 Å². The predicted molar refractivity (Wildman–Crippen MR) is 101 cm³/mol. The fraction of sp³-hybridized carbons (Fsp3) is 0.944. The minimum absolute atomic E-state index is 0.487. The smallest absolute Gasteiger partial charge is 0.191 e. The number of hydrogen-bond donors (Lipinski definition) is 2. The van der Waals surface area contributed by atoms with Gasteiger partial charge in [-0.25, -0.2) is 0 Å². The average molecular weight is 326 g/mol. The van der Waals surface area contributed by atoms with Crippen molar-refractivity contribution in [2.24, 2.45) is 10.9 Å². The molecule has 0 aromatic carbocycles. The molecule has 1 rings (SSSR count). The van der Waals surface area contributed by atoms with E-state index >= 15 is 0 Å². The quantitative estimate of drug-likeness (QED) is 0.387. The van der Waals surface area contributed by atoms with E-state index in [2.05, 4.69) is 53.2 Å². The normalized spacial score (nSPS) is 20.3. The minimum atomic E-state index is 0.487. The van der Waals surface area contributed by atoms with Crippen molar-refractivity contribution in [3.8, 4) is 0 Å². The summed E-state index contributed by atoms with van der Waals surface area (Å²) in [7, 11) is 4.07. The monoisotopic (exact) mass is 325 g/mol. The van der Waals surface area contributed by atoms with E-state index in [0.29, 0.717) is 12.0 Å². The number of likely N-dealkylation sites (N-methyl/N-ethyl adjacent to an activating group) is 1. The second-order valence-corrected chi connectivity index (χ2v) is 7.20. The number of piperazine rings is 1. The molecule has 0 bridgehead atoms. The van der Waals surface area contributed by atoms with E-state index in [1.54, 1.807) is 0 Å². The van der Waals surface area contributed by atoms with Gasteiger partial charge in [0.05, 0.1) is 0 Å². The zero-order valence-corrected chi connectivity index (χ0v) is 16.1. The lowest BCUT2D eigenvalue weighted by Crippen LogP contribution is -2.48. The first-order valence-electron chi connectivity index (χ1n) is 9.43. The molecule has 0 amide bonds. The van der Waals surface area contributed by atoms with Gasteiger partial charge >= 0.3 is 0 Å². The Morgan fingerprint density at radius 1 is 1.13 bits per heavy atom. The summed E-state index contributed by atoms with van der Waals surface area (Å²) in [5.41, 5.74) is 0. The maximum atomic E-state index is 4.36. The summed E-state index contributed by atoms with van der Waals surface area (Å²) in [6.45, 7) is 13.7. The van der Waals surface area contributed by atoms with E-state index in [1.807, 2.05) is 7.05 Å². The largest absolute Gasteiger partial charge is 0.356 e. The van der Waals surface area contributed by atoms with Crippen molar-refractivity contribution in [3.05, 3.63) is 0 Å². The van der Waals surface area contributed by atoms with Crippen LogP contribution in [0.5, 0.6) is 0 Å². The third kappa shape index (κ3) is 9.16. The van der Waals surface area contributed by atoms with Crippen LogP contribution in [0.15, 0.2) is 4.99 Å². The highest BCUT2D eigenvalue weighted by molar-refractivity contribution is 5.79. The second kappa shape index (κ2) is 11.7. The highest BCUT2D eigenvalue weighted by Gasteiger charge is 2.16. The lowest BCUT2D eigenvalue weighted by molar-refractivity contribution is 0.139. The Balaban J connectivity index is 2.20. The Bertz CT molecular complexity index is 323. The van der Waals surface area contributed by atoms with Gasteiger partial charge in [-0.3, -0.25) is 4.99 Å². The van der Waals surface area contributed by atoms with Gasteiger partial charge < -0.3 is 20.4 Å². The van der Waals surface area contributed by atoms with Crippen LogP contribution in [-0.4, -0.2) is 75.2 Å². The summed E-state index contributed by atoms with van der Waals surface area (Å²) in [6, 6.07) is 0.487. The highest BCUT2D eigenvalue weighted by Crippen LogP contribution is 2.04. The van der Waals surface area contributed by atoms with Gasteiger partial charge in [-0.05, 0) is 26.3 Å². The molecule has 23 heavy (non-hydrogen) atoms. The Labute approximate surface area is 143 Å². The Morgan fingerprint density at radius 3 is 2.43 bits per heavy atom.